The number of dihydropyridines is 1. The normalized spacial score (nSPS) is 17.7. The van der Waals surface area contributed by atoms with Gasteiger partial charge in [-0.1, -0.05) is 30.7 Å². The van der Waals surface area contributed by atoms with Gasteiger partial charge in [-0.2, -0.15) is 0 Å². The number of rotatable bonds is 10. The number of anilines is 1. The largest absolute Gasteiger partial charge is 0.470 e. The summed E-state index contributed by atoms with van der Waals surface area (Å²) in [6.45, 7) is 6.96. The highest BCUT2D eigenvalue weighted by molar-refractivity contribution is 8.39. The molecule has 5 rings (SSSR count). The minimum absolute atomic E-state index is 0.0563. The molecule has 0 bridgehead atoms. The molecule has 1 aromatic carbocycles. The van der Waals surface area contributed by atoms with Gasteiger partial charge in [0.05, 0.1) is 15.8 Å². The summed E-state index contributed by atoms with van der Waals surface area (Å²) >= 11 is 1.48. The Labute approximate surface area is 262 Å². The molecule has 4 N–H and O–H groups in total. The molecule has 0 radical (unpaired) electrons. The van der Waals surface area contributed by atoms with Crippen LogP contribution >= 0.6 is 29.7 Å². The van der Waals surface area contributed by atoms with Gasteiger partial charge in [0.15, 0.2) is 0 Å². The molecule has 12 nitrogen and oxygen atoms in total. The molecular formula is C29H38N5O7PS2. The van der Waals surface area contributed by atoms with Crippen LogP contribution in [0.3, 0.4) is 0 Å². The first-order valence-corrected chi connectivity index (χ1v) is 18.4. The molecular weight excluding hydrogens is 625 g/mol. The van der Waals surface area contributed by atoms with E-state index in [1.54, 1.807) is 6.08 Å². The monoisotopic (exact) mass is 663 g/mol. The standard InChI is InChI=1S/C29H38N5O7PS2/c1-4-5-20-18-31-27(32-19-20)34-13-9-23(10-14-34)40-28-33-24-7-6-21(16-25(24)43-28)22-8-12-30-26(17-22)44(38,39)15-11-29(2,3)41-42(35,36)37/h6-7,11,15-19,23,38-39H,4-5,8-10,12-14H2,1-3H3,(H2,35,36,37). The molecule has 2 aliphatic rings. The molecule has 2 aromatic heterocycles. The van der Waals surface area contributed by atoms with Crippen LogP contribution in [0.5, 0.6) is 5.19 Å². The summed E-state index contributed by atoms with van der Waals surface area (Å²) in [5, 5.41) is 1.82. The number of nitrogens with zero attached hydrogens (tertiary/aromatic N) is 5. The number of ether oxygens (including phenoxy) is 1. The van der Waals surface area contributed by atoms with Crippen LogP contribution in [0.2, 0.25) is 0 Å². The molecule has 0 amide bonds. The van der Waals surface area contributed by atoms with E-state index < -0.39 is 24.0 Å². The average Bonchev–Trinajstić information content (AvgIpc) is 3.38. The minimum atomic E-state index is -4.77. The summed E-state index contributed by atoms with van der Waals surface area (Å²) in [5.41, 5.74) is 2.37. The van der Waals surface area contributed by atoms with Crippen LogP contribution in [-0.2, 0) is 15.5 Å². The van der Waals surface area contributed by atoms with Crippen LogP contribution in [0.25, 0.3) is 15.8 Å². The van der Waals surface area contributed by atoms with Crippen molar-refractivity contribution in [3.63, 3.8) is 0 Å². The molecule has 0 atom stereocenters. The van der Waals surface area contributed by atoms with Gasteiger partial charge in [0, 0.05) is 50.3 Å². The Morgan fingerprint density at radius 1 is 1.18 bits per heavy atom. The maximum Gasteiger partial charge on any atom is 0.470 e. The second kappa shape index (κ2) is 13.4. The Hall–Kier alpha value is -2.68. The quantitative estimate of drug-likeness (QED) is 0.176. The summed E-state index contributed by atoms with van der Waals surface area (Å²) in [5.74, 6) is 0.760. The van der Waals surface area contributed by atoms with Crippen LogP contribution < -0.4 is 9.64 Å². The smallest absolute Gasteiger partial charge is 0.467 e. The van der Waals surface area contributed by atoms with E-state index in [4.69, 9.17) is 19.0 Å². The second-order valence-corrected chi connectivity index (χ2v) is 15.4. The lowest BCUT2D eigenvalue weighted by Crippen LogP contribution is -2.39. The lowest BCUT2D eigenvalue weighted by Gasteiger charge is -2.32. The van der Waals surface area contributed by atoms with E-state index in [-0.39, 0.29) is 11.1 Å². The Balaban J connectivity index is 1.22. The molecule has 44 heavy (non-hydrogen) atoms. The van der Waals surface area contributed by atoms with E-state index in [0.717, 1.165) is 77.0 Å². The Morgan fingerprint density at radius 2 is 1.91 bits per heavy atom. The third-order valence-corrected chi connectivity index (χ3v) is 10.2. The number of phosphoric ester groups is 1. The second-order valence-electron chi connectivity index (χ2n) is 11.3. The molecule has 0 saturated carbocycles. The van der Waals surface area contributed by atoms with Crippen molar-refractivity contribution < 1.29 is 32.7 Å². The van der Waals surface area contributed by atoms with Gasteiger partial charge in [0.25, 0.3) is 5.19 Å². The number of phosphoric acid groups is 1. The molecule has 0 spiro atoms. The number of fused-ring (bicyclic) bond motifs is 1. The Bertz CT molecular complexity index is 1610. The molecule has 1 saturated heterocycles. The summed E-state index contributed by atoms with van der Waals surface area (Å²) in [6, 6.07) is 5.90. The number of thiazole rings is 1. The summed E-state index contributed by atoms with van der Waals surface area (Å²) < 4.78 is 44.8. The first-order chi connectivity index (χ1) is 20.8. The van der Waals surface area contributed by atoms with E-state index in [1.807, 2.05) is 30.6 Å². The van der Waals surface area contributed by atoms with Crippen LogP contribution in [0.1, 0.15) is 57.6 Å². The van der Waals surface area contributed by atoms with E-state index in [2.05, 4.69) is 31.8 Å². The minimum Gasteiger partial charge on any atom is -0.467 e. The number of aromatic nitrogens is 3. The van der Waals surface area contributed by atoms with Gasteiger partial charge in [-0.3, -0.25) is 18.6 Å². The number of hydrogen-bond acceptors (Lipinski definition) is 11. The SMILES string of the molecule is CCCc1cnc(N2CCC(Oc3nc4ccc(C5=CC(S(O)(O)C=CC(C)(C)OP(=O)(O)O)=NCC5)cc4s3)CC2)nc1. The number of aliphatic imine (C=N–C) groups is 1. The third kappa shape index (κ3) is 8.52. The summed E-state index contributed by atoms with van der Waals surface area (Å²) in [7, 11) is -8.24. The van der Waals surface area contributed by atoms with Crippen LogP contribution in [0, 0.1) is 0 Å². The topological polar surface area (TPSA) is 171 Å². The average molecular weight is 664 g/mol. The van der Waals surface area contributed by atoms with E-state index in [1.165, 1.54) is 31.3 Å². The summed E-state index contributed by atoms with van der Waals surface area (Å²) in [4.78, 5) is 38.5. The van der Waals surface area contributed by atoms with E-state index in [0.29, 0.717) is 18.2 Å². The zero-order valence-electron chi connectivity index (χ0n) is 24.9. The molecule has 4 heterocycles. The zero-order valence-corrected chi connectivity index (χ0v) is 27.4. The van der Waals surface area contributed by atoms with Crippen molar-refractivity contribution in [2.45, 2.75) is 64.6 Å². The predicted molar refractivity (Wildman–Crippen MR) is 176 cm³/mol. The lowest BCUT2D eigenvalue weighted by molar-refractivity contribution is 0.103. The molecule has 0 aliphatic carbocycles. The fourth-order valence-electron chi connectivity index (χ4n) is 5.03. The van der Waals surface area contributed by atoms with E-state index >= 15 is 0 Å². The number of piperidine rings is 1. The Morgan fingerprint density at radius 3 is 2.59 bits per heavy atom. The van der Waals surface area contributed by atoms with Gasteiger partial charge in [0.1, 0.15) is 11.1 Å². The van der Waals surface area contributed by atoms with Gasteiger partial charge in [0.2, 0.25) is 5.95 Å². The molecule has 1 fully saturated rings. The highest BCUT2D eigenvalue weighted by atomic mass is 32.3. The van der Waals surface area contributed by atoms with Gasteiger partial charge >= 0.3 is 7.82 Å². The molecule has 238 valence electrons. The van der Waals surface area contributed by atoms with E-state index in [9.17, 15) is 13.7 Å². The van der Waals surface area contributed by atoms with Crippen molar-refractivity contribution in [3.05, 3.63) is 59.3 Å². The van der Waals surface area contributed by atoms with Crippen molar-refractivity contribution in [1.82, 2.24) is 15.0 Å². The fraction of sp³-hybridized carbons (Fsp3) is 0.448. The highest BCUT2D eigenvalue weighted by Gasteiger charge is 2.29. The third-order valence-electron chi connectivity index (χ3n) is 7.23. The van der Waals surface area contributed by atoms with Gasteiger partial charge in [-0.25, -0.2) is 19.5 Å². The first-order valence-electron chi connectivity index (χ1n) is 14.4. The maximum absolute atomic E-state index is 11.2. The van der Waals surface area contributed by atoms with Crippen molar-refractivity contribution in [1.29, 1.82) is 0 Å². The number of hydrogen-bond donors (Lipinski definition) is 4. The molecule has 15 heteroatoms. The number of benzene rings is 1. The molecule has 0 unspecified atom stereocenters. The predicted octanol–water partition coefficient (Wildman–Crippen LogP) is 6.42. The molecule has 2 aliphatic heterocycles. The van der Waals surface area contributed by atoms with Crippen molar-refractivity contribution >= 4 is 56.5 Å². The van der Waals surface area contributed by atoms with Gasteiger partial charge in [-0.05, 0) is 67.7 Å². The fourth-order valence-corrected chi connectivity index (χ4v) is 7.88. The van der Waals surface area contributed by atoms with Crippen LogP contribution in [0.4, 0.5) is 5.95 Å². The van der Waals surface area contributed by atoms with Gasteiger partial charge < -0.3 is 19.4 Å². The first kappa shape index (κ1) is 32.7. The number of aryl methyl sites for hydroxylation is 1. The molecule has 3 aromatic rings. The van der Waals surface area contributed by atoms with Gasteiger partial charge in [-0.15, -0.1) is 10.6 Å². The Kier molecular flexibility index (Phi) is 9.93. The van der Waals surface area contributed by atoms with Crippen molar-refractivity contribution in [2.75, 3.05) is 24.5 Å². The van der Waals surface area contributed by atoms with Crippen molar-refractivity contribution in [3.8, 4) is 5.19 Å². The highest BCUT2D eigenvalue weighted by Crippen LogP contribution is 2.47. The van der Waals surface area contributed by atoms with Crippen LogP contribution in [-0.4, -0.2) is 70.2 Å². The van der Waals surface area contributed by atoms with Crippen LogP contribution in [0.15, 0.2) is 53.1 Å². The summed E-state index contributed by atoms with van der Waals surface area (Å²) in [6.07, 6.45) is 11.1. The zero-order chi connectivity index (χ0) is 31.5. The van der Waals surface area contributed by atoms with Crippen molar-refractivity contribution in [2.24, 2.45) is 4.99 Å². The maximum atomic E-state index is 11.2. The lowest BCUT2D eigenvalue weighted by atomic mass is 10.0.